The summed E-state index contributed by atoms with van der Waals surface area (Å²) in [6, 6.07) is 10.3. The van der Waals surface area contributed by atoms with Gasteiger partial charge in [-0.15, -0.1) is 0 Å². The average Bonchev–Trinajstić information content (AvgIpc) is 3.16. The highest BCUT2D eigenvalue weighted by atomic mass is 16.7. The van der Waals surface area contributed by atoms with Crippen LogP contribution in [0.2, 0.25) is 0 Å². The number of ether oxygens (including phenoxy) is 4. The summed E-state index contributed by atoms with van der Waals surface area (Å²) in [6.45, 7) is 2.68. The molecular weight excluding hydrogens is 364 g/mol. The van der Waals surface area contributed by atoms with Crippen molar-refractivity contribution < 1.29 is 28.5 Å². The lowest BCUT2D eigenvalue weighted by Crippen LogP contribution is -2.32. The minimum absolute atomic E-state index is 0.133. The lowest BCUT2D eigenvalue weighted by Gasteiger charge is -2.13. The lowest BCUT2D eigenvalue weighted by atomic mass is 10.2. The second-order valence-electron chi connectivity index (χ2n) is 6.14. The molecule has 1 aliphatic rings. The Morgan fingerprint density at radius 2 is 1.89 bits per heavy atom. The van der Waals surface area contributed by atoms with Crippen LogP contribution in [-0.4, -0.2) is 45.5 Å². The molecule has 0 saturated carbocycles. The van der Waals surface area contributed by atoms with Gasteiger partial charge < -0.3 is 29.6 Å². The van der Waals surface area contributed by atoms with Crippen molar-refractivity contribution in [2.75, 3.05) is 39.0 Å². The minimum Gasteiger partial charge on any atom is -0.489 e. The van der Waals surface area contributed by atoms with E-state index in [9.17, 15) is 9.59 Å². The van der Waals surface area contributed by atoms with Crippen molar-refractivity contribution in [3.05, 3.63) is 47.5 Å². The molecule has 8 nitrogen and oxygen atoms in total. The number of hydrogen-bond acceptors (Lipinski definition) is 6. The van der Waals surface area contributed by atoms with Gasteiger partial charge in [-0.05, 0) is 42.8 Å². The van der Waals surface area contributed by atoms with Crippen LogP contribution in [0.1, 0.15) is 15.9 Å². The molecule has 0 atom stereocenters. The molecule has 0 radical (unpaired) electrons. The van der Waals surface area contributed by atoms with E-state index in [-0.39, 0.29) is 25.2 Å². The van der Waals surface area contributed by atoms with Gasteiger partial charge >= 0.3 is 0 Å². The van der Waals surface area contributed by atoms with Crippen LogP contribution in [-0.2, 0) is 9.53 Å². The summed E-state index contributed by atoms with van der Waals surface area (Å²) >= 11 is 0. The highest BCUT2D eigenvalue weighted by Crippen LogP contribution is 2.32. The molecular formula is C20H22N2O6. The third-order valence-corrected chi connectivity index (χ3v) is 4.00. The van der Waals surface area contributed by atoms with E-state index in [1.54, 1.807) is 31.4 Å². The molecule has 0 spiro atoms. The van der Waals surface area contributed by atoms with Crippen molar-refractivity contribution in [3.63, 3.8) is 0 Å². The molecule has 2 aromatic rings. The first-order chi connectivity index (χ1) is 13.6. The van der Waals surface area contributed by atoms with E-state index in [1.807, 2.05) is 19.1 Å². The maximum Gasteiger partial charge on any atom is 0.251 e. The molecule has 0 aliphatic carbocycles. The van der Waals surface area contributed by atoms with Crippen molar-refractivity contribution in [2.45, 2.75) is 6.92 Å². The van der Waals surface area contributed by atoms with Crippen molar-refractivity contribution >= 4 is 17.5 Å². The third-order valence-electron chi connectivity index (χ3n) is 4.00. The van der Waals surface area contributed by atoms with E-state index in [0.717, 1.165) is 5.56 Å². The summed E-state index contributed by atoms with van der Waals surface area (Å²) < 4.78 is 21.1. The Morgan fingerprint density at radius 3 is 2.71 bits per heavy atom. The van der Waals surface area contributed by atoms with Crippen LogP contribution in [0.15, 0.2) is 36.4 Å². The molecule has 0 fully saturated rings. The van der Waals surface area contributed by atoms with Gasteiger partial charge in [-0.3, -0.25) is 9.59 Å². The molecule has 2 amide bonds. The van der Waals surface area contributed by atoms with Gasteiger partial charge in [-0.2, -0.15) is 0 Å². The molecule has 0 aromatic heterocycles. The quantitative estimate of drug-likeness (QED) is 0.675. The summed E-state index contributed by atoms with van der Waals surface area (Å²) in [5.74, 6) is 0.903. The molecule has 0 saturated heterocycles. The summed E-state index contributed by atoms with van der Waals surface area (Å²) in [5.41, 5.74) is 1.92. The van der Waals surface area contributed by atoms with E-state index in [4.69, 9.17) is 18.9 Å². The second-order valence-corrected chi connectivity index (χ2v) is 6.14. The van der Waals surface area contributed by atoms with Gasteiger partial charge in [-0.25, -0.2) is 0 Å². The Bertz CT molecular complexity index is 868. The first-order valence-corrected chi connectivity index (χ1v) is 8.77. The molecule has 148 valence electrons. The normalized spacial score (nSPS) is 11.8. The van der Waals surface area contributed by atoms with Crippen LogP contribution < -0.4 is 24.8 Å². The number of nitrogens with one attached hydrogen (secondary N) is 2. The SMILES string of the molecule is COCCOc1cc(C)ccc1NC(=O)CNC(=O)c1ccc2c(c1)OCO2. The maximum atomic E-state index is 12.3. The first-order valence-electron chi connectivity index (χ1n) is 8.77. The standard InChI is InChI=1S/C20H22N2O6/c1-13-3-5-15(17(9-13)26-8-7-25-2)22-19(23)11-21-20(24)14-4-6-16-18(10-14)28-12-27-16/h3-6,9-10H,7-8,11-12H2,1-2H3,(H,21,24)(H,22,23). The molecule has 28 heavy (non-hydrogen) atoms. The number of rotatable bonds is 8. The van der Waals surface area contributed by atoms with Crippen molar-refractivity contribution in [1.82, 2.24) is 5.32 Å². The second kappa shape index (κ2) is 9.09. The zero-order valence-corrected chi connectivity index (χ0v) is 15.7. The Balaban J connectivity index is 1.56. The highest BCUT2D eigenvalue weighted by molar-refractivity contribution is 6.00. The van der Waals surface area contributed by atoms with Gasteiger partial charge in [-0.1, -0.05) is 6.07 Å². The van der Waals surface area contributed by atoms with Crippen molar-refractivity contribution in [3.8, 4) is 17.2 Å². The third kappa shape index (κ3) is 4.92. The van der Waals surface area contributed by atoms with E-state index in [2.05, 4.69) is 10.6 Å². The number of benzene rings is 2. The first kappa shape index (κ1) is 19.5. The van der Waals surface area contributed by atoms with E-state index in [0.29, 0.717) is 41.7 Å². The van der Waals surface area contributed by atoms with Gasteiger partial charge in [0.05, 0.1) is 18.8 Å². The Morgan fingerprint density at radius 1 is 1.07 bits per heavy atom. The maximum absolute atomic E-state index is 12.3. The molecule has 2 N–H and O–H groups in total. The number of fused-ring (bicyclic) bond motifs is 1. The lowest BCUT2D eigenvalue weighted by molar-refractivity contribution is -0.115. The van der Waals surface area contributed by atoms with Gasteiger partial charge in [0.15, 0.2) is 11.5 Å². The Hall–Kier alpha value is -3.26. The number of carbonyl (C=O) groups excluding carboxylic acids is 2. The van der Waals surface area contributed by atoms with Crippen LogP contribution in [0.5, 0.6) is 17.2 Å². The largest absolute Gasteiger partial charge is 0.489 e. The zero-order valence-electron chi connectivity index (χ0n) is 15.7. The zero-order chi connectivity index (χ0) is 19.9. The van der Waals surface area contributed by atoms with E-state index < -0.39 is 0 Å². The number of aryl methyl sites for hydroxylation is 1. The fourth-order valence-electron chi connectivity index (χ4n) is 2.58. The predicted molar refractivity (Wildman–Crippen MR) is 102 cm³/mol. The molecule has 0 unspecified atom stereocenters. The van der Waals surface area contributed by atoms with Crippen LogP contribution in [0.4, 0.5) is 5.69 Å². The predicted octanol–water partition coefficient (Wildman–Crippen LogP) is 2.12. The number of amides is 2. The Labute approximate surface area is 162 Å². The van der Waals surface area contributed by atoms with Crippen molar-refractivity contribution in [1.29, 1.82) is 0 Å². The number of anilines is 1. The molecule has 2 aromatic carbocycles. The van der Waals surface area contributed by atoms with Crippen LogP contribution in [0.3, 0.4) is 0 Å². The summed E-state index contributed by atoms with van der Waals surface area (Å²) in [4.78, 5) is 24.5. The number of hydrogen-bond donors (Lipinski definition) is 2. The summed E-state index contributed by atoms with van der Waals surface area (Å²) in [7, 11) is 1.59. The summed E-state index contributed by atoms with van der Waals surface area (Å²) in [6.07, 6.45) is 0. The van der Waals surface area contributed by atoms with Gasteiger partial charge in [0.25, 0.3) is 5.91 Å². The van der Waals surface area contributed by atoms with Gasteiger partial charge in [0.2, 0.25) is 12.7 Å². The number of methoxy groups -OCH3 is 1. The molecule has 1 heterocycles. The topological polar surface area (TPSA) is 95.1 Å². The monoisotopic (exact) mass is 386 g/mol. The number of carbonyl (C=O) groups is 2. The van der Waals surface area contributed by atoms with Gasteiger partial charge in [0, 0.05) is 12.7 Å². The van der Waals surface area contributed by atoms with Crippen LogP contribution in [0, 0.1) is 6.92 Å². The fourth-order valence-corrected chi connectivity index (χ4v) is 2.58. The van der Waals surface area contributed by atoms with Gasteiger partial charge in [0.1, 0.15) is 12.4 Å². The smallest absolute Gasteiger partial charge is 0.251 e. The van der Waals surface area contributed by atoms with Crippen molar-refractivity contribution in [2.24, 2.45) is 0 Å². The summed E-state index contributed by atoms with van der Waals surface area (Å²) in [5, 5.41) is 5.33. The van der Waals surface area contributed by atoms with Crippen LogP contribution >= 0.6 is 0 Å². The molecule has 8 heteroatoms. The minimum atomic E-state index is -0.381. The van der Waals surface area contributed by atoms with Crippen LogP contribution in [0.25, 0.3) is 0 Å². The average molecular weight is 386 g/mol. The Kier molecular flexibility index (Phi) is 6.33. The molecule has 1 aliphatic heterocycles. The molecule has 3 rings (SSSR count). The fraction of sp³-hybridized carbons (Fsp3) is 0.300. The highest BCUT2D eigenvalue weighted by Gasteiger charge is 2.17. The van der Waals surface area contributed by atoms with E-state index in [1.165, 1.54) is 0 Å². The molecule has 0 bridgehead atoms. The van der Waals surface area contributed by atoms with E-state index >= 15 is 0 Å².